The number of terminal acetylenes is 1. The fourth-order valence-electron chi connectivity index (χ4n) is 1.16. The molecule has 0 aromatic carbocycles. The Morgan fingerprint density at radius 2 is 2.31 bits per heavy atom. The number of aromatic nitrogens is 1. The second-order valence-corrected chi connectivity index (χ2v) is 4.99. The molecule has 1 unspecified atom stereocenters. The topological polar surface area (TPSA) is 79.0 Å². The molecule has 1 atom stereocenters. The van der Waals surface area contributed by atoms with E-state index in [4.69, 9.17) is 6.42 Å². The number of hydrogen-bond donors (Lipinski definition) is 2. The molecule has 0 radical (unpaired) electrons. The molecule has 1 rings (SSSR count). The lowest BCUT2D eigenvalue weighted by Crippen LogP contribution is -2.34. The number of hydrogen-bond acceptors (Lipinski definition) is 3. The smallest absolute Gasteiger partial charge is 0.246 e. The second-order valence-electron chi connectivity index (χ2n) is 3.30. The zero-order valence-electron chi connectivity index (χ0n) is 8.73. The van der Waals surface area contributed by atoms with Crippen LogP contribution in [-0.2, 0) is 10.0 Å². The highest BCUT2D eigenvalue weighted by atomic mass is 32.2. The minimum absolute atomic E-state index is 0.268. The third-order valence-corrected chi connectivity index (χ3v) is 3.47. The Balaban J connectivity index is 3.01. The Morgan fingerprint density at radius 1 is 1.62 bits per heavy atom. The summed E-state index contributed by atoms with van der Waals surface area (Å²) < 4.78 is 25.8. The monoisotopic (exact) mass is 240 g/mol. The van der Waals surface area contributed by atoms with Gasteiger partial charge < -0.3 is 4.98 Å². The molecule has 0 amide bonds. The minimum atomic E-state index is -3.80. The molecule has 1 aromatic heterocycles. The van der Waals surface area contributed by atoms with E-state index >= 15 is 0 Å². The predicted molar refractivity (Wildman–Crippen MR) is 60.3 cm³/mol. The van der Waals surface area contributed by atoms with E-state index in [0.29, 0.717) is 0 Å². The number of H-pyrrole nitrogens is 1. The van der Waals surface area contributed by atoms with Crippen LogP contribution in [0.15, 0.2) is 28.2 Å². The average Bonchev–Trinajstić information content (AvgIpc) is 2.17. The molecule has 0 saturated carbocycles. The fourth-order valence-corrected chi connectivity index (χ4v) is 2.45. The Kier molecular flexibility index (Phi) is 3.88. The van der Waals surface area contributed by atoms with Crippen molar-refractivity contribution in [2.75, 3.05) is 0 Å². The average molecular weight is 240 g/mol. The van der Waals surface area contributed by atoms with Crippen molar-refractivity contribution in [3.05, 3.63) is 28.7 Å². The van der Waals surface area contributed by atoms with Gasteiger partial charge in [0.15, 0.2) is 0 Å². The van der Waals surface area contributed by atoms with Gasteiger partial charge in [0, 0.05) is 30.9 Å². The molecule has 0 aliphatic rings. The van der Waals surface area contributed by atoms with Gasteiger partial charge in [-0.25, -0.2) is 13.1 Å². The summed E-state index contributed by atoms with van der Waals surface area (Å²) in [6, 6.07) is 0.745. The summed E-state index contributed by atoms with van der Waals surface area (Å²) in [5, 5.41) is 0. The first-order valence-electron chi connectivity index (χ1n) is 4.60. The van der Waals surface area contributed by atoms with Gasteiger partial charge >= 0.3 is 0 Å². The third-order valence-electron chi connectivity index (χ3n) is 1.86. The zero-order chi connectivity index (χ0) is 12.2. The van der Waals surface area contributed by atoms with E-state index in [1.54, 1.807) is 6.92 Å². The van der Waals surface area contributed by atoms with Crippen molar-refractivity contribution in [1.29, 1.82) is 0 Å². The summed E-state index contributed by atoms with van der Waals surface area (Å²) in [5.74, 6) is 2.34. The zero-order valence-corrected chi connectivity index (χ0v) is 9.54. The summed E-state index contributed by atoms with van der Waals surface area (Å²) in [5.41, 5.74) is -0.556. The third kappa shape index (κ3) is 2.95. The van der Waals surface area contributed by atoms with Crippen LogP contribution in [0.2, 0.25) is 0 Å². The second kappa shape index (κ2) is 4.96. The molecular weight excluding hydrogens is 228 g/mol. The van der Waals surface area contributed by atoms with Crippen LogP contribution in [0.3, 0.4) is 0 Å². The predicted octanol–water partition coefficient (Wildman–Crippen LogP) is 0.0650. The molecule has 0 saturated heterocycles. The molecule has 86 valence electrons. The lowest BCUT2D eigenvalue weighted by Gasteiger charge is -2.10. The lowest BCUT2D eigenvalue weighted by atomic mass is 10.3. The van der Waals surface area contributed by atoms with Crippen LogP contribution >= 0.6 is 0 Å². The largest absolute Gasteiger partial charge is 0.366 e. The van der Waals surface area contributed by atoms with Crippen LogP contribution in [0.5, 0.6) is 0 Å². The Hall–Kier alpha value is -1.58. The Bertz CT molecular complexity index is 554. The van der Waals surface area contributed by atoms with Crippen LogP contribution in [-0.4, -0.2) is 19.4 Å². The summed E-state index contributed by atoms with van der Waals surface area (Å²) in [7, 11) is -3.80. The number of nitrogens with one attached hydrogen (secondary N) is 2. The molecule has 1 heterocycles. The van der Waals surface area contributed by atoms with Gasteiger partial charge in [-0.1, -0.05) is 0 Å². The van der Waals surface area contributed by atoms with Crippen molar-refractivity contribution < 1.29 is 8.42 Å². The van der Waals surface area contributed by atoms with E-state index in [9.17, 15) is 13.2 Å². The standard InChI is InChI=1S/C10H12N2O3S/c1-3-4-8(2)12-16(14,15)10-7-11-6-5-9(10)13/h1,5-8,12H,4H2,2H3,(H,11,13). The molecule has 0 fully saturated rings. The maximum atomic E-state index is 11.7. The van der Waals surface area contributed by atoms with Crippen LogP contribution in [0.1, 0.15) is 13.3 Å². The summed E-state index contributed by atoms with van der Waals surface area (Å²) in [4.78, 5) is 13.6. The van der Waals surface area contributed by atoms with Gasteiger partial charge in [-0.2, -0.15) is 0 Å². The van der Waals surface area contributed by atoms with Crippen molar-refractivity contribution in [3.63, 3.8) is 0 Å². The highest BCUT2D eigenvalue weighted by Gasteiger charge is 2.19. The number of pyridine rings is 1. The van der Waals surface area contributed by atoms with Crippen LogP contribution in [0.4, 0.5) is 0 Å². The molecular formula is C10H12N2O3S. The van der Waals surface area contributed by atoms with Crippen LogP contribution in [0, 0.1) is 12.3 Å². The van der Waals surface area contributed by atoms with Gasteiger partial charge in [-0.3, -0.25) is 4.79 Å². The van der Waals surface area contributed by atoms with E-state index in [-0.39, 0.29) is 11.3 Å². The highest BCUT2D eigenvalue weighted by molar-refractivity contribution is 7.89. The molecule has 6 heteroatoms. The molecule has 0 spiro atoms. The van der Waals surface area contributed by atoms with Crippen LogP contribution in [0.25, 0.3) is 0 Å². The number of rotatable bonds is 4. The van der Waals surface area contributed by atoms with Gasteiger partial charge in [-0.15, -0.1) is 12.3 Å². The minimum Gasteiger partial charge on any atom is -0.366 e. The van der Waals surface area contributed by atoms with Gasteiger partial charge in [0.1, 0.15) is 4.90 Å². The van der Waals surface area contributed by atoms with Crippen molar-refractivity contribution in [2.45, 2.75) is 24.3 Å². The highest BCUT2D eigenvalue weighted by Crippen LogP contribution is 2.02. The Labute approximate surface area is 93.9 Å². The Morgan fingerprint density at radius 3 is 2.88 bits per heavy atom. The van der Waals surface area contributed by atoms with Gasteiger partial charge in [0.2, 0.25) is 15.5 Å². The van der Waals surface area contributed by atoms with Crippen molar-refractivity contribution in [2.24, 2.45) is 0 Å². The van der Waals surface area contributed by atoms with E-state index < -0.39 is 21.5 Å². The van der Waals surface area contributed by atoms with E-state index in [2.05, 4.69) is 15.6 Å². The number of sulfonamides is 1. The SMILES string of the molecule is C#CCC(C)NS(=O)(=O)c1c[nH]ccc1=O. The fraction of sp³-hybridized carbons (Fsp3) is 0.300. The normalized spacial score (nSPS) is 13.0. The molecule has 16 heavy (non-hydrogen) atoms. The van der Waals surface area contributed by atoms with Gasteiger partial charge in [0.05, 0.1) is 0 Å². The summed E-state index contributed by atoms with van der Waals surface area (Å²) in [6.45, 7) is 1.63. The van der Waals surface area contributed by atoms with Crippen molar-refractivity contribution in [1.82, 2.24) is 9.71 Å². The lowest BCUT2D eigenvalue weighted by molar-refractivity contribution is 0.562. The summed E-state index contributed by atoms with van der Waals surface area (Å²) >= 11 is 0. The molecule has 5 nitrogen and oxygen atoms in total. The molecule has 0 aliphatic heterocycles. The first kappa shape index (κ1) is 12.5. The van der Waals surface area contributed by atoms with Crippen LogP contribution < -0.4 is 10.2 Å². The van der Waals surface area contributed by atoms with Gasteiger partial charge in [-0.05, 0) is 6.92 Å². The summed E-state index contributed by atoms with van der Waals surface area (Å²) in [6.07, 6.45) is 7.85. The molecule has 2 N–H and O–H groups in total. The first-order valence-corrected chi connectivity index (χ1v) is 6.08. The number of aromatic amines is 1. The van der Waals surface area contributed by atoms with E-state index in [0.717, 1.165) is 12.3 Å². The molecule has 0 aliphatic carbocycles. The maximum Gasteiger partial charge on any atom is 0.246 e. The van der Waals surface area contributed by atoms with E-state index in [1.165, 1.54) is 6.20 Å². The molecule has 0 bridgehead atoms. The first-order chi connectivity index (χ1) is 7.47. The van der Waals surface area contributed by atoms with Gasteiger partial charge in [0.25, 0.3) is 0 Å². The van der Waals surface area contributed by atoms with E-state index in [1.807, 2.05) is 0 Å². The molecule has 1 aromatic rings. The quantitative estimate of drug-likeness (QED) is 0.731. The maximum absolute atomic E-state index is 11.7. The van der Waals surface area contributed by atoms with Crippen molar-refractivity contribution in [3.8, 4) is 12.3 Å². The van der Waals surface area contributed by atoms with Crippen molar-refractivity contribution >= 4 is 10.0 Å².